The summed E-state index contributed by atoms with van der Waals surface area (Å²) >= 11 is 0. The summed E-state index contributed by atoms with van der Waals surface area (Å²) in [5.41, 5.74) is 7.35. The van der Waals surface area contributed by atoms with Crippen LogP contribution in [-0.4, -0.2) is 11.8 Å². The number of nitrogens with two attached hydrogens (primary N) is 1. The minimum Gasteiger partial charge on any atom is -0.302 e. The van der Waals surface area contributed by atoms with Crippen molar-refractivity contribution in [1.82, 2.24) is 16.3 Å². The average molecular weight is 240 g/mol. The third kappa shape index (κ3) is 2.76. The van der Waals surface area contributed by atoms with Crippen molar-refractivity contribution in [3.63, 3.8) is 0 Å². The summed E-state index contributed by atoms with van der Waals surface area (Å²) in [5.74, 6) is 4.65. The molecule has 1 saturated heterocycles. The lowest BCUT2D eigenvalue weighted by atomic mass is 9.76. The van der Waals surface area contributed by atoms with E-state index in [1.807, 2.05) is 0 Å². The Hall–Kier alpha value is -1.56. The first-order valence-corrected chi connectivity index (χ1v) is 5.82. The van der Waals surface area contributed by atoms with E-state index < -0.39 is 5.41 Å². The van der Waals surface area contributed by atoms with E-state index in [4.69, 9.17) is 5.84 Å². The Kier molecular flexibility index (Phi) is 4.51. The van der Waals surface area contributed by atoms with Crippen molar-refractivity contribution in [3.8, 4) is 0 Å². The van der Waals surface area contributed by atoms with Crippen molar-refractivity contribution in [2.45, 2.75) is 39.0 Å². The highest BCUT2D eigenvalue weighted by Crippen LogP contribution is 2.38. The second kappa shape index (κ2) is 5.67. The molecule has 0 saturated carbocycles. The predicted molar refractivity (Wildman–Crippen MR) is 63.9 cm³/mol. The molecule has 6 heteroatoms. The SMILES string of the molecule is C=C1NNC(=O)[C@]1(CCCC)CCC(=O)NN. The molecule has 0 aliphatic carbocycles. The zero-order valence-corrected chi connectivity index (χ0v) is 10.1. The molecule has 1 atom stereocenters. The summed E-state index contributed by atoms with van der Waals surface area (Å²) in [4.78, 5) is 23.1. The molecule has 0 radical (unpaired) electrons. The zero-order chi connectivity index (χ0) is 12.9. The van der Waals surface area contributed by atoms with Gasteiger partial charge in [0, 0.05) is 12.1 Å². The van der Waals surface area contributed by atoms with Crippen molar-refractivity contribution in [2.24, 2.45) is 11.3 Å². The molecule has 2 amide bonds. The third-order valence-corrected chi connectivity index (χ3v) is 3.24. The molecule has 96 valence electrons. The minimum absolute atomic E-state index is 0.110. The largest absolute Gasteiger partial charge is 0.302 e. The van der Waals surface area contributed by atoms with Crippen LogP contribution in [0.4, 0.5) is 0 Å². The topological polar surface area (TPSA) is 96.2 Å². The van der Waals surface area contributed by atoms with Crippen LogP contribution in [0, 0.1) is 5.41 Å². The van der Waals surface area contributed by atoms with Gasteiger partial charge in [0.2, 0.25) is 5.91 Å². The summed E-state index contributed by atoms with van der Waals surface area (Å²) in [6, 6.07) is 0. The Morgan fingerprint density at radius 1 is 1.47 bits per heavy atom. The monoisotopic (exact) mass is 240 g/mol. The van der Waals surface area contributed by atoms with Gasteiger partial charge in [0.15, 0.2) is 0 Å². The highest BCUT2D eigenvalue weighted by molar-refractivity contribution is 5.88. The van der Waals surface area contributed by atoms with E-state index in [1.54, 1.807) is 0 Å². The molecule has 0 aromatic heterocycles. The molecular formula is C11H20N4O2. The van der Waals surface area contributed by atoms with Crippen molar-refractivity contribution < 1.29 is 9.59 Å². The highest BCUT2D eigenvalue weighted by Gasteiger charge is 2.45. The number of hydrazine groups is 2. The summed E-state index contributed by atoms with van der Waals surface area (Å²) in [5, 5.41) is 0. The van der Waals surface area contributed by atoms with Gasteiger partial charge in [-0.2, -0.15) is 0 Å². The fraction of sp³-hybridized carbons (Fsp3) is 0.636. The summed E-state index contributed by atoms with van der Waals surface area (Å²) in [6.07, 6.45) is 3.24. The van der Waals surface area contributed by atoms with Gasteiger partial charge in [0.1, 0.15) is 0 Å². The van der Waals surface area contributed by atoms with Crippen LogP contribution in [0.5, 0.6) is 0 Å². The number of rotatable bonds is 6. The van der Waals surface area contributed by atoms with Crippen LogP contribution >= 0.6 is 0 Å². The van der Waals surface area contributed by atoms with E-state index in [0.29, 0.717) is 18.5 Å². The van der Waals surface area contributed by atoms with Gasteiger partial charge in [-0.15, -0.1) is 0 Å². The van der Waals surface area contributed by atoms with Gasteiger partial charge in [-0.3, -0.25) is 20.4 Å². The number of carbonyl (C=O) groups excluding carboxylic acids is 2. The second-order valence-corrected chi connectivity index (χ2v) is 4.31. The number of nitrogens with one attached hydrogen (secondary N) is 3. The zero-order valence-electron chi connectivity index (χ0n) is 10.1. The van der Waals surface area contributed by atoms with E-state index >= 15 is 0 Å². The van der Waals surface area contributed by atoms with Crippen LogP contribution in [0.25, 0.3) is 0 Å². The third-order valence-electron chi connectivity index (χ3n) is 3.24. The van der Waals surface area contributed by atoms with Crippen molar-refractivity contribution in [1.29, 1.82) is 0 Å². The molecule has 0 aromatic carbocycles. The van der Waals surface area contributed by atoms with Crippen LogP contribution in [0.1, 0.15) is 39.0 Å². The molecule has 1 heterocycles. The van der Waals surface area contributed by atoms with Crippen LogP contribution in [0.15, 0.2) is 12.3 Å². The highest BCUT2D eigenvalue weighted by atomic mass is 16.2. The summed E-state index contributed by atoms with van der Waals surface area (Å²) in [7, 11) is 0. The Balaban J connectivity index is 2.75. The molecule has 17 heavy (non-hydrogen) atoms. The number of amides is 2. The quantitative estimate of drug-likeness (QED) is 0.300. The number of carbonyl (C=O) groups is 2. The Morgan fingerprint density at radius 3 is 2.65 bits per heavy atom. The van der Waals surface area contributed by atoms with Crippen LogP contribution in [0.2, 0.25) is 0 Å². The van der Waals surface area contributed by atoms with E-state index in [0.717, 1.165) is 12.8 Å². The maximum absolute atomic E-state index is 11.9. The number of hydrogen-bond donors (Lipinski definition) is 4. The van der Waals surface area contributed by atoms with Gasteiger partial charge >= 0.3 is 0 Å². The average Bonchev–Trinajstić information content (AvgIpc) is 2.61. The van der Waals surface area contributed by atoms with Crippen molar-refractivity contribution in [2.75, 3.05) is 0 Å². The first kappa shape index (κ1) is 13.5. The lowest BCUT2D eigenvalue weighted by Crippen LogP contribution is -2.36. The second-order valence-electron chi connectivity index (χ2n) is 4.31. The maximum Gasteiger partial charge on any atom is 0.250 e. The number of unbranched alkanes of at least 4 members (excludes halogenated alkanes) is 1. The van der Waals surface area contributed by atoms with Gasteiger partial charge in [-0.05, 0) is 12.8 Å². The molecule has 0 bridgehead atoms. The van der Waals surface area contributed by atoms with Gasteiger partial charge in [0.25, 0.3) is 5.91 Å². The Morgan fingerprint density at radius 2 is 2.18 bits per heavy atom. The van der Waals surface area contributed by atoms with Gasteiger partial charge in [-0.25, -0.2) is 5.84 Å². The summed E-state index contributed by atoms with van der Waals surface area (Å²) in [6.45, 7) is 5.92. The molecular weight excluding hydrogens is 220 g/mol. The molecule has 1 rings (SSSR count). The first-order valence-electron chi connectivity index (χ1n) is 5.82. The van der Waals surface area contributed by atoms with Crippen LogP contribution in [0.3, 0.4) is 0 Å². The molecule has 1 aliphatic heterocycles. The predicted octanol–water partition coefficient (Wildman–Crippen LogP) is 0.0812. The Bertz CT molecular complexity index is 311. The van der Waals surface area contributed by atoms with E-state index in [-0.39, 0.29) is 18.2 Å². The van der Waals surface area contributed by atoms with Crippen LogP contribution < -0.4 is 22.1 Å². The van der Waals surface area contributed by atoms with Gasteiger partial charge in [0.05, 0.1) is 5.41 Å². The molecule has 0 spiro atoms. The smallest absolute Gasteiger partial charge is 0.250 e. The molecule has 6 nitrogen and oxygen atoms in total. The number of hydrogen-bond acceptors (Lipinski definition) is 4. The maximum atomic E-state index is 11.9. The van der Waals surface area contributed by atoms with Crippen molar-refractivity contribution in [3.05, 3.63) is 12.3 Å². The standard InChI is InChI=1S/C11H20N4O2/c1-3-4-6-11(7-5-9(16)13-12)8(2)14-15-10(11)17/h14H,2-7,12H2,1H3,(H,13,16)(H,15,17)/t11-/m1/s1. The molecule has 5 N–H and O–H groups in total. The fourth-order valence-corrected chi connectivity index (χ4v) is 2.04. The Labute approximate surface area is 101 Å². The lowest BCUT2D eigenvalue weighted by molar-refractivity contribution is -0.128. The first-order chi connectivity index (χ1) is 8.06. The molecule has 1 fully saturated rings. The lowest BCUT2D eigenvalue weighted by Gasteiger charge is -2.25. The molecule has 0 unspecified atom stereocenters. The minimum atomic E-state index is -0.678. The van der Waals surface area contributed by atoms with Gasteiger partial charge < -0.3 is 5.43 Å². The van der Waals surface area contributed by atoms with Gasteiger partial charge in [-0.1, -0.05) is 26.3 Å². The normalized spacial score (nSPS) is 23.2. The van der Waals surface area contributed by atoms with E-state index in [2.05, 4.69) is 29.8 Å². The van der Waals surface area contributed by atoms with Crippen LogP contribution in [-0.2, 0) is 9.59 Å². The molecule has 1 aliphatic rings. The summed E-state index contributed by atoms with van der Waals surface area (Å²) < 4.78 is 0. The molecule has 0 aromatic rings. The fourth-order valence-electron chi connectivity index (χ4n) is 2.04. The van der Waals surface area contributed by atoms with E-state index in [1.165, 1.54) is 0 Å². The van der Waals surface area contributed by atoms with E-state index in [9.17, 15) is 9.59 Å². The van der Waals surface area contributed by atoms with Crippen molar-refractivity contribution >= 4 is 11.8 Å².